The maximum absolute atomic E-state index is 4.49. The molecule has 0 aliphatic carbocycles. The van der Waals surface area contributed by atoms with Gasteiger partial charge in [-0.05, 0) is 26.7 Å². The fourth-order valence-corrected chi connectivity index (χ4v) is 1.73. The van der Waals surface area contributed by atoms with Gasteiger partial charge in [-0.15, -0.1) is 0 Å². The quantitative estimate of drug-likeness (QED) is 0.807. The van der Waals surface area contributed by atoms with Gasteiger partial charge in [-0.25, -0.2) is 4.98 Å². The molecule has 0 spiro atoms. The SMILES string of the molecule is CCNc1nc(C)cn1C(C)C(C)CC. The Morgan fingerprint density at radius 1 is 1.40 bits per heavy atom. The molecule has 0 saturated heterocycles. The largest absolute Gasteiger partial charge is 0.356 e. The van der Waals surface area contributed by atoms with Crippen LogP contribution in [0.1, 0.15) is 45.9 Å². The lowest BCUT2D eigenvalue weighted by Crippen LogP contribution is -2.16. The zero-order valence-electron chi connectivity index (χ0n) is 10.5. The van der Waals surface area contributed by atoms with Crippen LogP contribution >= 0.6 is 0 Å². The number of aromatic nitrogens is 2. The number of nitrogens with one attached hydrogen (secondary N) is 1. The smallest absolute Gasteiger partial charge is 0.203 e. The average Bonchev–Trinajstić information content (AvgIpc) is 2.58. The summed E-state index contributed by atoms with van der Waals surface area (Å²) >= 11 is 0. The zero-order valence-corrected chi connectivity index (χ0v) is 10.5. The summed E-state index contributed by atoms with van der Waals surface area (Å²) in [6, 6.07) is 0.505. The van der Waals surface area contributed by atoms with Crippen LogP contribution in [0, 0.1) is 12.8 Å². The first kappa shape index (κ1) is 12.1. The van der Waals surface area contributed by atoms with Gasteiger partial charge in [-0.1, -0.05) is 20.3 Å². The predicted molar refractivity (Wildman–Crippen MR) is 65.3 cm³/mol. The molecule has 1 heterocycles. The van der Waals surface area contributed by atoms with Crippen molar-refractivity contribution in [3.8, 4) is 0 Å². The molecule has 2 unspecified atom stereocenters. The highest BCUT2D eigenvalue weighted by Gasteiger charge is 2.15. The van der Waals surface area contributed by atoms with Gasteiger partial charge < -0.3 is 9.88 Å². The molecule has 0 bridgehead atoms. The first-order chi connectivity index (χ1) is 7.10. The fourth-order valence-electron chi connectivity index (χ4n) is 1.73. The first-order valence-corrected chi connectivity index (χ1v) is 5.89. The van der Waals surface area contributed by atoms with Gasteiger partial charge in [-0.2, -0.15) is 0 Å². The standard InChI is InChI=1S/C12H23N3/c1-6-9(3)11(5)15-8-10(4)14-12(15)13-7-2/h8-9,11H,6-7H2,1-5H3,(H,13,14). The third-order valence-corrected chi connectivity index (χ3v) is 3.09. The molecule has 0 fully saturated rings. The Labute approximate surface area is 92.9 Å². The van der Waals surface area contributed by atoms with E-state index in [-0.39, 0.29) is 0 Å². The molecule has 2 atom stereocenters. The van der Waals surface area contributed by atoms with E-state index in [1.807, 2.05) is 6.92 Å². The molecule has 1 aromatic rings. The van der Waals surface area contributed by atoms with Crippen molar-refractivity contribution < 1.29 is 0 Å². The van der Waals surface area contributed by atoms with Crippen molar-refractivity contribution in [2.45, 2.75) is 47.1 Å². The van der Waals surface area contributed by atoms with Gasteiger partial charge >= 0.3 is 0 Å². The fraction of sp³-hybridized carbons (Fsp3) is 0.750. The maximum Gasteiger partial charge on any atom is 0.203 e. The van der Waals surface area contributed by atoms with E-state index >= 15 is 0 Å². The van der Waals surface area contributed by atoms with Crippen molar-refractivity contribution in [2.24, 2.45) is 5.92 Å². The molecule has 1 aromatic heterocycles. The van der Waals surface area contributed by atoms with E-state index in [0.29, 0.717) is 12.0 Å². The Bertz CT molecular complexity index is 304. The normalized spacial score (nSPS) is 15.0. The monoisotopic (exact) mass is 209 g/mol. The summed E-state index contributed by atoms with van der Waals surface area (Å²) < 4.78 is 2.26. The number of hydrogen-bond donors (Lipinski definition) is 1. The highest BCUT2D eigenvalue weighted by atomic mass is 15.2. The van der Waals surface area contributed by atoms with Crippen molar-refractivity contribution in [1.29, 1.82) is 0 Å². The zero-order chi connectivity index (χ0) is 11.4. The third kappa shape index (κ3) is 2.74. The second kappa shape index (κ2) is 5.19. The molecule has 3 nitrogen and oxygen atoms in total. The number of hydrogen-bond acceptors (Lipinski definition) is 2. The van der Waals surface area contributed by atoms with Gasteiger partial charge in [-0.3, -0.25) is 0 Å². The minimum Gasteiger partial charge on any atom is -0.356 e. The number of anilines is 1. The summed E-state index contributed by atoms with van der Waals surface area (Å²) in [7, 11) is 0. The van der Waals surface area contributed by atoms with E-state index in [9.17, 15) is 0 Å². The molecule has 15 heavy (non-hydrogen) atoms. The van der Waals surface area contributed by atoms with E-state index in [0.717, 1.165) is 18.2 Å². The van der Waals surface area contributed by atoms with Crippen LogP contribution in [0.15, 0.2) is 6.20 Å². The molecular formula is C12H23N3. The summed E-state index contributed by atoms with van der Waals surface area (Å²) in [5, 5.41) is 3.31. The lowest BCUT2D eigenvalue weighted by molar-refractivity contribution is 0.373. The number of imidazole rings is 1. The van der Waals surface area contributed by atoms with Crippen LogP contribution in [-0.2, 0) is 0 Å². The minimum absolute atomic E-state index is 0.505. The molecule has 0 aliphatic rings. The summed E-state index contributed by atoms with van der Waals surface area (Å²) in [5.41, 5.74) is 1.08. The van der Waals surface area contributed by atoms with Gasteiger partial charge in [0, 0.05) is 18.8 Å². The van der Waals surface area contributed by atoms with Crippen LogP contribution in [0.5, 0.6) is 0 Å². The molecule has 86 valence electrons. The van der Waals surface area contributed by atoms with Crippen molar-refractivity contribution in [3.05, 3.63) is 11.9 Å². The average molecular weight is 209 g/mol. The molecule has 0 aliphatic heterocycles. The van der Waals surface area contributed by atoms with E-state index < -0.39 is 0 Å². The molecule has 0 aromatic carbocycles. The number of nitrogens with zero attached hydrogens (tertiary/aromatic N) is 2. The van der Waals surface area contributed by atoms with Gasteiger partial charge in [0.25, 0.3) is 0 Å². The van der Waals surface area contributed by atoms with Crippen molar-refractivity contribution >= 4 is 5.95 Å². The first-order valence-electron chi connectivity index (χ1n) is 5.89. The summed E-state index contributed by atoms with van der Waals surface area (Å²) in [5.74, 6) is 1.68. The molecule has 0 saturated carbocycles. The Morgan fingerprint density at radius 3 is 2.60 bits per heavy atom. The minimum atomic E-state index is 0.505. The molecular weight excluding hydrogens is 186 g/mol. The van der Waals surface area contributed by atoms with Gasteiger partial charge in [0.2, 0.25) is 5.95 Å². The Kier molecular flexibility index (Phi) is 4.18. The van der Waals surface area contributed by atoms with E-state index in [1.165, 1.54) is 6.42 Å². The lowest BCUT2D eigenvalue weighted by Gasteiger charge is -2.22. The Balaban J connectivity index is 2.90. The van der Waals surface area contributed by atoms with Crippen molar-refractivity contribution in [1.82, 2.24) is 9.55 Å². The summed E-state index contributed by atoms with van der Waals surface area (Å²) in [4.78, 5) is 4.49. The van der Waals surface area contributed by atoms with Crippen LogP contribution < -0.4 is 5.32 Å². The number of aryl methyl sites for hydroxylation is 1. The van der Waals surface area contributed by atoms with Crippen molar-refractivity contribution in [2.75, 3.05) is 11.9 Å². The second-order valence-corrected chi connectivity index (χ2v) is 4.27. The van der Waals surface area contributed by atoms with Crippen LogP contribution in [0.2, 0.25) is 0 Å². The molecule has 3 heteroatoms. The molecule has 1 N–H and O–H groups in total. The van der Waals surface area contributed by atoms with Gasteiger partial charge in [0.05, 0.1) is 5.69 Å². The van der Waals surface area contributed by atoms with Crippen molar-refractivity contribution in [3.63, 3.8) is 0 Å². The second-order valence-electron chi connectivity index (χ2n) is 4.27. The van der Waals surface area contributed by atoms with E-state index in [4.69, 9.17) is 0 Å². The van der Waals surface area contributed by atoms with E-state index in [1.54, 1.807) is 0 Å². The van der Waals surface area contributed by atoms with Gasteiger partial charge in [0.15, 0.2) is 0 Å². The molecule has 1 rings (SSSR count). The third-order valence-electron chi connectivity index (χ3n) is 3.09. The van der Waals surface area contributed by atoms with Crippen LogP contribution in [0.25, 0.3) is 0 Å². The number of rotatable bonds is 5. The maximum atomic E-state index is 4.49. The van der Waals surface area contributed by atoms with Gasteiger partial charge in [0.1, 0.15) is 0 Å². The Hall–Kier alpha value is -0.990. The summed E-state index contributed by atoms with van der Waals surface area (Å²) in [6.45, 7) is 11.8. The summed E-state index contributed by atoms with van der Waals surface area (Å²) in [6.07, 6.45) is 3.33. The highest BCUT2D eigenvalue weighted by Crippen LogP contribution is 2.24. The van der Waals surface area contributed by atoms with Crippen LogP contribution in [-0.4, -0.2) is 16.1 Å². The molecule has 0 amide bonds. The van der Waals surface area contributed by atoms with E-state index in [2.05, 4.69) is 48.8 Å². The Morgan fingerprint density at radius 2 is 2.07 bits per heavy atom. The topological polar surface area (TPSA) is 29.9 Å². The predicted octanol–water partition coefficient (Wildman–Crippen LogP) is 3.23. The molecule has 0 radical (unpaired) electrons. The lowest BCUT2D eigenvalue weighted by atomic mass is 10.0. The van der Waals surface area contributed by atoms with Crippen LogP contribution in [0.3, 0.4) is 0 Å². The highest BCUT2D eigenvalue weighted by molar-refractivity contribution is 5.29. The van der Waals surface area contributed by atoms with Crippen LogP contribution in [0.4, 0.5) is 5.95 Å².